The topological polar surface area (TPSA) is 93.4 Å². The van der Waals surface area contributed by atoms with E-state index >= 15 is 0 Å². The summed E-state index contributed by atoms with van der Waals surface area (Å²) >= 11 is 1.18. The number of sulfone groups is 1. The van der Waals surface area contributed by atoms with Crippen molar-refractivity contribution in [2.75, 3.05) is 23.8 Å². The molecule has 0 spiro atoms. The largest absolute Gasteiger partial charge is 0.411 e. The molecular weight excluding hydrogens is 386 g/mol. The SMILES string of the molecule is CCCN(C(=O)CSc1nnc(-c2ccc(C)cc2)o1)[C@@H]1CCS(=O)(=O)C1. The van der Waals surface area contributed by atoms with E-state index in [2.05, 4.69) is 10.2 Å². The van der Waals surface area contributed by atoms with Gasteiger partial charge in [-0.05, 0) is 31.9 Å². The van der Waals surface area contributed by atoms with E-state index in [0.29, 0.717) is 24.1 Å². The minimum atomic E-state index is -3.03. The van der Waals surface area contributed by atoms with Crippen molar-refractivity contribution in [2.45, 2.75) is 38.0 Å². The molecular formula is C18H23N3O4S2. The molecule has 0 bridgehead atoms. The van der Waals surface area contributed by atoms with Gasteiger partial charge in [0.25, 0.3) is 5.22 Å². The molecule has 0 radical (unpaired) electrons. The summed E-state index contributed by atoms with van der Waals surface area (Å²) < 4.78 is 29.1. The Morgan fingerprint density at radius 2 is 2.04 bits per heavy atom. The summed E-state index contributed by atoms with van der Waals surface area (Å²) in [6.45, 7) is 4.53. The van der Waals surface area contributed by atoms with Gasteiger partial charge in [0.2, 0.25) is 11.8 Å². The zero-order chi connectivity index (χ0) is 19.4. The normalized spacial score (nSPS) is 18.5. The third kappa shape index (κ3) is 5.10. The number of carbonyl (C=O) groups is 1. The predicted molar refractivity (Wildman–Crippen MR) is 104 cm³/mol. The number of aromatic nitrogens is 2. The number of hydrogen-bond acceptors (Lipinski definition) is 7. The van der Waals surface area contributed by atoms with E-state index in [9.17, 15) is 13.2 Å². The lowest BCUT2D eigenvalue weighted by molar-refractivity contribution is -0.130. The van der Waals surface area contributed by atoms with Gasteiger partial charge in [-0.2, -0.15) is 0 Å². The second-order valence-corrected chi connectivity index (χ2v) is 9.83. The number of thioether (sulfide) groups is 1. The highest BCUT2D eigenvalue weighted by molar-refractivity contribution is 7.99. The summed E-state index contributed by atoms with van der Waals surface area (Å²) in [6, 6.07) is 7.52. The molecule has 0 unspecified atom stereocenters. The molecule has 27 heavy (non-hydrogen) atoms. The Hall–Kier alpha value is -1.87. The van der Waals surface area contributed by atoms with Crippen molar-refractivity contribution in [1.29, 1.82) is 0 Å². The number of rotatable bonds is 7. The maximum absolute atomic E-state index is 12.6. The zero-order valence-corrected chi connectivity index (χ0v) is 17.1. The summed E-state index contributed by atoms with van der Waals surface area (Å²) in [5.41, 5.74) is 1.97. The highest BCUT2D eigenvalue weighted by atomic mass is 32.2. The van der Waals surface area contributed by atoms with Crippen LogP contribution in [0.3, 0.4) is 0 Å². The van der Waals surface area contributed by atoms with Crippen LogP contribution in [-0.4, -0.2) is 59.3 Å². The number of benzene rings is 1. The Bertz CT molecular complexity index is 894. The van der Waals surface area contributed by atoms with E-state index in [4.69, 9.17) is 4.42 Å². The highest BCUT2D eigenvalue weighted by Crippen LogP contribution is 2.25. The molecule has 1 amide bonds. The molecule has 0 N–H and O–H groups in total. The molecule has 0 saturated carbocycles. The Morgan fingerprint density at radius 1 is 1.30 bits per heavy atom. The van der Waals surface area contributed by atoms with E-state index in [1.807, 2.05) is 38.1 Å². The number of aryl methyl sites for hydroxylation is 1. The summed E-state index contributed by atoms with van der Waals surface area (Å²) in [7, 11) is -3.03. The Balaban J connectivity index is 1.61. The number of amides is 1. The maximum Gasteiger partial charge on any atom is 0.277 e. The fourth-order valence-corrected chi connectivity index (χ4v) is 5.44. The lowest BCUT2D eigenvalue weighted by atomic mass is 10.1. The molecule has 1 fully saturated rings. The minimum absolute atomic E-state index is 0.0571. The average Bonchev–Trinajstić information content (AvgIpc) is 3.24. The first kappa shape index (κ1) is 19.9. The van der Waals surface area contributed by atoms with Gasteiger partial charge in [-0.1, -0.05) is 36.4 Å². The second kappa shape index (κ2) is 8.43. The van der Waals surface area contributed by atoms with E-state index in [0.717, 1.165) is 17.5 Å². The van der Waals surface area contributed by atoms with E-state index < -0.39 is 9.84 Å². The molecule has 2 aromatic rings. The van der Waals surface area contributed by atoms with Crippen molar-refractivity contribution in [3.63, 3.8) is 0 Å². The first-order valence-electron chi connectivity index (χ1n) is 8.91. The van der Waals surface area contributed by atoms with Gasteiger partial charge in [0.1, 0.15) is 0 Å². The molecule has 3 rings (SSSR count). The van der Waals surface area contributed by atoms with Crippen molar-refractivity contribution < 1.29 is 17.6 Å². The quantitative estimate of drug-likeness (QED) is 0.649. The lowest BCUT2D eigenvalue weighted by Gasteiger charge is -2.27. The monoisotopic (exact) mass is 409 g/mol. The molecule has 0 aliphatic carbocycles. The molecule has 9 heteroatoms. The molecule has 1 aliphatic rings. The Labute approximate surface area is 163 Å². The Kier molecular flexibility index (Phi) is 6.21. The van der Waals surface area contributed by atoms with Crippen LogP contribution in [0.2, 0.25) is 0 Å². The van der Waals surface area contributed by atoms with E-state index in [1.54, 1.807) is 4.90 Å². The minimum Gasteiger partial charge on any atom is -0.411 e. The molecule has 1 saturated heterocycles. The molecule has 1 aromatic heterocycles. The first-order valence-corrected chi connectivity index (χ1v) is 11.7. The number of hydrogen-bond donors (Lipinski definition) is 0. The zero-order valence-electron chi connectivity index (χ0n) is 15.4. The van der Waals surface area contributed by atoms with Crippen LogP contribution < -0.4 is 0 Å². The summed E-state index contributed by atoms with van der Waals surface area (Å²) in [5, 5.41) is 8.35. The van der Waals surface area contributed by atoms with Gasteiger partial charge in [0.05, 0.1) is 17.3 Å². The van der Waals surface area contributed by atoms with Gasteiger partial charge in [-0.3, -0.25) is 4.79 Å². The van der Waals surface area contributed by atoms with Crippen molar-refractivity contribution in [1.82, 2.24) is 15.1 Å². The standard InChI is InChI=1S/C18H23N3O4S2/c1-3-9-21(15-8-10-27(23,24)12-15)16(22)11-26-18-20-19-17(25-18)14-6-4-13(2)5-7-14/h4-7,15H,3,8-12H2,1-2H3/t15-/m1/s1. The maximum atomic E-state index is 12.6. The third-order valence-corrected chi connectivity index (χ3v) is 7.01. The molecule has 2 heterocycles. The van der Waals surface area contributed by atoms with Crippen LogP contribution in [0.4, 0.5) is 0 Å². The summed E-state index contributed by atoms with van der Waals surface area (Å²) in [4.78, 5) is 14.3. The number of carbonyl (C=O) groups excluding carboxylic acids is 1. The Morgan fingerprint density at radius 3 is 2.67 bits per heavy atom. The molecule has 1 aromatic carbocycles. The van der Waals surface area contributed by atoms with Crippen LogP contribution in [0.5, 0.6) is 0 Å². The van der Waals surface area contributed by atoms with E-state index in [1.165, 1.54) is 11.8 Å². The van der Waals surface area contributed by atoms with Crippen molar-refractivity contribution in [3.8, 4) is 11.5 Å². The second-order valence-electron chi connectivity index (χ2n) is 6.67. The summed E-state index contributed by atoms with van der Waals surface area (Å²) in [5.74, 6) is 0.673. The van der Waals surface area contributed by atoms with Gasteiger partial charge in [0.15, 0.2) is 9.84 Å². The van der Waals surface area contributed by atoms with Crippen LogP contribution in [0, 0.1) is 6.92 Å². The molecule has 146 valence electrons. The molecule has 1 atom stereocenters. The van der Waals surface area contributed by atoms with Gasteiger partial charge in [0, 0.05) is 18.2 Å². The van der Waals surface area contributed by atoms with Crippen LogP contribution >= 0.6 is 11.8 Å². The van der Waals surface area contributed by atoms with Crippen LogP contribution in [0.25, 0.3) is 11.5 Å². The highest BCUT2D eigenvalue weighted by Gasteiger charge is 2.34. The molecule has 7 nitrogen and oxygen atoms in total. The van der Waals surface area contributed by atoms with Crippen molar-refractivity contribution in [3.05, 3.63) is 29.8 Å². The van der Waals surface area contributed by atoms with Crippen molar-refractivity contribution in [2.24, 2.45) is 0 Å². The van der Waals surface area contributed by atoms with Gasteiger partial charge < -0.3 is 9.32 Å². The number of nitrogens with zero attached hydrogens (tertiary/aromatic N) is 3. The lowest BCUT2D eigenvalue weighted by Crippen LogP contribution is -2.42. The predicted octanol–water partition coefficient (Wildman–Crippen LogP) is 2.56. The van der Waals surface area contributed by atoms with E-state index in [-0.39, 0.29) is 29.2 Å². The van der Waals surface area contributed by atoms with Crippen LogP contribution in [0.1, 0.15) is 25.3 Å². The van der Waals surface area contributed by atoms with Crippen LogP contribution in [-0.2, 0) is 14.6 Å². The first-order chi connectivity index (χ1) is 12.9. The van der Waals surface area contributed by atoms with Gasteiger partial charge in [-0.25, -0.2) is 8.42 Å². The van der Waals surface area contributed by atoms with Gasteiger partial charge >= 0.3 is 0 Å². The average molecular weight is 410 g/mol. The molecule has 1 aliphatic heterocycles. The van der Waals surface area contributed by atoms with Crippen LogP contribution in [0.15, 0.2) is 33.9 Å². The smallest absolute Gasteiger partial charge is 0.277 e. The fraction of sp³-hybridized carbons (Fsp3) is 0.500. The fourth-order valence-electron chi connectivity index (χ4n) is 3.06. The third-order valence-electron chi connectivity index (χ3n) is 4.46. The van der Waals surface area contributed by atoms with Crippen molar-refractivity contribution >= 4 is 27.5 Å². The van der Waals surface area contributed by atoms with Gasteiger partial charge in [-0.15, -0.1) is 10.2 Å². The summed E-state index contributed by atoms with van der Waals surface area (Å²) in [6.07, 6.45) is 1.29.